The molecule has 0 aliphatic carbocycles. The smallest absolute Gasteiger partial charge is 0.356 e. The first-order chi connectivity index (χ1) is 15.7. The van der Waals surface area contributed by atoms with Crippen LogP contribution in [0.15, 0.2) is 30.6 Å². The van der Waals surface area contributed by atoms with Crippen molar-refractivity contribution in [1.82, 2.24) is 15.3 Å². The second-order valence-electron chi connectivity index (χ2n) is 8.02. The van der Waals surface area contributed by atoms with Gasteiger partial charge < -0.3 is 10.2 Å². The molecular formula is C24H23F3N4OS. The molecule has 4 rings (SSSR count). The molecule has 0 radical (unpaired) electrons. The molecule has 0 spiro atoms. The Bertz CT molecular complexity index is 1230. The number of alkyl halides is 3. The number of hydrogen-bond acceptors (Lipinski definition) is 5. The summed E-state index contributed by atoms with van der Waals surface area (Å²) in [6.45, 7) is 5.69. The average molecular weight is 473 g/mol. The van der Waals surface area contributed by atoms with Gasteiger partial charge in [-0.05, 0) is 50.5 Å². The highest BCUT2D eigenvalue weighted by Gasteiger charge is 2.30. The summed E-state index contributed by atoms with van der Waals surface area (Å²) >= 11 is 1.66. The Balaban J connectivity index is 1.32. The van der Waals surface area contributed by atoms with Crippen LogP contribution in [-0.2, 0) is 11.0 Å². The van der Waals surface area contributed by atoms with Crippen molar-refractivity contribution in [1.29, 1.82) is 0 Å². The number of rotatable bonds is 3. The maximum Gasteiger partial charge on any atom is 0.416 e. The zero-order chi connectivity index (χ0) is 23.6. The molecule has 1 aliphatic heterocycles. The van der Waals surface area contributed by atoms with Crippen molar-refractivity contribution in [2.75, 3.05) is 24.5 Å². The minimum atomic E-state index is -4.40. The molecule has 9 heteroatoms. The number of benzene rings is 1. The highest BCUT2D eigenvalue weighted by Crippen LogP contribution is 2.35. The summed E-state index contributed by atoms with van der Waals surface area (Å²) in [6, 6.07) is 4.85. The molecule has 0 bridgehead atoms. The van der Waals surface area contributed by atoms with E-state index >= 15 is 0 Å². The molecule has 1 aromatic carbocycles. The maximum absolute atomic E-state index is 12.8. The Hall–Kier alpha value is -3.12. The summed E-state index contributed by atoms with van der Waals surface area (Å²) in [5.41, 5.74) is 0.728. The van der Waals surface area contributed by atoms with Crippen LogP contribution < -0.4 is 10.2 Å². The van der Waals surface area contributed by atoms with Crippen molar-refractivity contribution < 1.29 is 18.0 Å². The average Bonchev–Trinajstić information content (AvgIpc) is 3.10. The molecular weight excluding hydrogens is 449 g/mol. The van der Waals surface area contributed by atoms with Gasteiger partial charge in [-0.15, -0.1) is 11.3 Å². The lowest BCUT2D eigenvalue weighted by Crippen LogP contribution is -2.41. The van der Waals surface area contributed by atoms with Crippen LogP contribution in [0.3, 0.4) is 0 Å². The minimum Gasteiger partial charge on any atom is -0.356 e. The lowest BCUT2D eigenvalue weighted by atomic mass is 9.95. The number of carbonyl (C=O) groups is 1. The van der Waals surface area contributed by atoms with Gasteiger partial charge >= 0.3 is 6.18 Å². The Morgan fingerprint density at radius 1 is 1.24 bits per heavy atom. The van der Waals surface area contributed by atoms with Crippen LogP contribution in [-0.4, -0.2) is 35.5 Å². The second-order valence-corrected chi connectivity index (χ2v) is 9.22. The van der Waals surface area contributed by atoms with Crippen LogP contribution in [0.2, 0.25) is 0 Å². The van der Waals surface area contributed by atoms with Crippen molar-refractivity contribution in [3.63, 3.8) is 0 Å². The van der Waals surface area contributed by atoms with Crippen LogP contribution in [0.5, 0.6) is 0 Å². The number of aryl methyl sites for hydroxylation is 2. The van der Waals surface area contributed by atoms with E-state index in [4.69, 9.17) is 0 Å². The van der Waals surface area contributed by atoms with Crippen molar-refractivity contribution in [3.05, 3.63) is 52.2 Å². The van der Waals surface area contributed by atoms with E-state index in [-0.39, 0.29) is 23.9 Å². The number of aromatic nitrogens is 2. The first-order valence-electron chi connectivity index (χ1n) is 10.6. The van der Waals surface area contributed by atoms with Gasteiger partial charge in [-0.25, -0.2) is 9.97 Å². The van der Waals surface area contributed by atoms with Gasteiger partial charge in [0.2, 0.25) is 5.91 Å². The molecule has 2 aromatic heterocycles. The number of nitrogens with zero attached hydrogens (tertiary/aromatic N) is 3. The van der Waals surface area contributed by atoms with Crippen LogP contribution in [0.4, 0.5) is 19.0 Å². The number of carbonyl (C=O) groups excluding carboxylic acids is 1. The van der Waals surface area contributed by atoms with Crippen molar-refractivity contribution in [2.24, 2.45) is 5.92 Å². The van der Waals surface area contributed by atoms with Crippen LogP contribution in [0, 0.1) is 31.6 Å². The first kappa shape index (κ1) is 23.1. The molecule has 3 heterocycles. The number of piperidine rings is 1. The third-order valence-corrected chi connectivity index (χ3v) is 7.00. The number of fused-ring (bicyclic) bond motifs is 1. The van der Waals surface area contributed by atoms with E-state index in [1.807, 2.05) is 0 Å². The molecule has 0 atom stereocenters. The lowest BCUT2D eigenvalue weighted by Gasteiger charge is -2.32. The summed E-state index contributed by atoms with van der Waals surface area (Å²) in [4.78, 5) is 25.9. The molecule has 1 saturated heterocycles. The number of hydrogen-bond donors (Lipinski definition) is 1. The van der Waals surface area contributed by atoms with Crippen molar-refractivity contribution >= 4 is 33.3 Å². The molecule has 1 fully saturated rings. The van der Waals surface area contributed by atoms with E-state index in [9.17, 15) is 18.0 Å². The fourth-order valence-corrected chi connectivity index (χ4v) is 4.94. The van der Waals surface area contributed by atoms with Gasteiger partial charge in [0.1, 0.15) is 17.0 Å². The molecule has 1 N–H and O–H groups in total. The Morgan fingerprint density at radius 2 is 2.00 bits per heavy atom. The summed E-state index contributed by atoms with van der Waals surface area (Å²) in [6.07, 6.45) is -1.42. The monoisotopic (exact) mass is 472 g/mol. The molecule has 1 amide bonds. The van der Waals surface area contributed by atoms with Crippen molar-refractivity contribution in [3.8, 4) is 11.8 Å². The SMILES string of the molecule is Cc1sc2ncnc(N3CCC(C(=O)NCC#Cc4cccc(C(F)(F)F)c4)CC3)c2c1C. The number of halogens is 3. The van der Waals surface area contributed by atoms with Crippen LogP contribution in [0.1, 0.15) is 34.4 Å². The van der Waals surface area contributed by atoms with Crippen LogP contribution >= 0.6 is 11.3 Å². The zero-order valence-corrected chi connectivity index (χ0v) is 19.1. The molecule has 3 aromatic rings. The number of anilines is 1. The normalized spacial score (nSPS) is 14.8. The molecule has 5 nitrogen and oxygen atoms in total. The lowest BCUT2D eigenvalue weighted by molar-refractivity contribution is -0.137. The number of amides is 1. The Labute approximate surface area is 194 Å². The Kier molecular flexibility index (Phi) is 6.56. The van der Waals surface area contributed by atoms with Gasteiger partial charge in [0.05, 0.1) is 17.5 Å². The molecule has 0 saturated carbocycles. The standard InChI is InChI=1S/C24H23F3N4OS/c1-15-16(2)33-23-20(15)21(29-14-30-23)31-11-8-18(9-12-31)22(32)28-10-4-6-17-5-3-7-19(13-17)24(25,26)27/h3,5,7,13-14,18H,8-12H2,1-2H3,(H,28,32). The zero-order valence-electron chi connectivity index (χ0n) is 18.3. The van der Waals surface area contributed by atoms with E-state index in [0.29, 0.717) is 25.9 Å². The van der Waals surface area contributed by atoms with E-state index in [2.05, 4.69) is 45.9 Å². The van der Waals surface area contributed by atoms with Crippen molar-refractivity contribution in [2.45, 2.75) is 32.9 Å². The summed E-state index contributed by atoms with van der Waals surface area (Å²) in [5.74, 6) is 6.14. The first-order valence-corrected chi connectivity index (χ1v) is 11.4. The molecule has 33 heavy (non-hydrogen) atoms. The second kappa shape index (κ2) is 9.40. The number of thiophene rings is 1. The summed E-state index contributed by atoms with van der Waals surface area (Å²) in [5, 5.41) is 3.88. The van der Waals surface area contributed by atoms with Crippen LogP contribution in [0.25, 0.3) is 10.2 Å². The largest absolute Gasteiger partial charge is 0.416 e. The van der Waals surface area contributed by atoms with Gasteiger partial charge in [-0.1, -0.05) is 17.9 Å². The fourth-order valence-electron chi connectivity index (χ4n) is 3.95. The highest BCUT2D eigenvalue weighted by atomic mass is 32.1. The topological polar surface area (TPSA) is 58.1 Å². The highest BCUT2D eigenvalue weighted by molar-refractivity contribution is 7.18. The van der Waals surface area contributed by atoms with E-state index in [1.54, 1.807) is 17.7 Å². The maximum atomic E-state index is 12.8. The third-order valence-electron chi connectivity index (χ3n) is 5.88. The predicted octanol–water partition coefficient (Wildman–Crippen LogP) is 4.71. The van der Waals surface area contributed by atoms with E-state index in [1.165, 1.54) is 22.6 Å². The Morgan fingerprint density at radius 3 is 2.73 bits per heavy atom. The van der Waals surface area contributed by atoms with Gasteiger partial charge in [0.15, 0.2) is 0 Å². The fraction of sp³-hybridized carbons (Fsp3) is 0.375. The molecule has 1 aliphatic rings. The molecule has 0 unspecified atom stereocenters. The van der Waals surface area contributed by atoms with E-state index in [0.717, 1.165) is 28.2 Å². The third kappa shape index (κ3) is 5.11. The minimum absolute atomic E-state index is 0.0802. The van der Waals surface area contributed by atoms with Gasteiger partial charge in [-0.3, -0.25) is 4.79 Å². The van der Waals surface area contributed by atoms with E-state index < -0.39 is 11.7 Å². The predicted molar refractivity (Wildman–Crippen MR) is 123 cm³/mol. The quantitative estimate of drug-likeness (QED) is 0.561. The molecule has 172 valence electrons. The van der Waals surface area contributed by atoms with Gasteiger partial charge in [-0.2, -0.15) is 13.2 Å². The van der Waals surface area contributed by atoms with Gasteiger partial charge in [0, 0.05) is 29.4 Å². The van der Waals surface area contributed by atoms with Gasteiger partial charge in [0.25, 0.3) is 0 Å². The number of nitrogens with one attached hydrogen (secondary N) is 1. The summed E-state index contributed by atoms with van der Waals surface area (Å²) < 4.78 is 38.4. The summed E-state index contributed by atoms with van der Waals surface area (Å²) in [7, 11) is 0.